The molecule has 0 radical (unpaired) electrons. The highest BCUT2D eigenvalue weighted by molar-refractivity contribution is 5.28. The summed E-state index contributed by atoms with van der Waals surface area (Å²) in [6.45, 7) is 2.47. The zero-order valence-corrected chi connectivity index (χ0v) is 11.6. The summed E-state index contributed by atoms with van der Waals surface area (Å²) in [5, 5.41) is 9.16. The van der Waals surface area contributed by atoms with E-state index in [0.29, 0.717) is 5.92 Å². The molecule has 1 aromatic carbocycles. The third-order valence-corrected chi connectivity index (χ3v) is 3.73. The third-order valence-electron chi connectivity index (χ3n) is 3.73. The highest BCUT2D eigenvalue weighted by Crippen LogP contribution is 2.38. The topological polar surface area (TPSA) is 59.0 Å². The summed E-state index contributed by atoms with van der Waals surface area (Å²) in [7, 11) is 0. The van der Waals surface area contributed by atoms with Crippen LogP contribution in [-0.4, -0.2) is 12.1 Å². The Morgan fingerprint density at radius 2 is 2.05 bits per heavy atom. The van der Waals surface area contributed by atoms with E-state index in [1.807, 2.05) is 12.1 Å². The lowest BCUT2D eigenvalue weighted by atomic mass is 9.98. The second-order valence-electron chi connectivity index (χ2n) is 5.46. The van der Waals surface area contributed by atoms with Crippen molar-refractivity contribution in [1.82, 2.24) is 0 Å². The van der Waals surface area contributed by atoms with Crippen molar-refractivity contribution in [2.75, 3.05) is 6.61 Å². The number of unbranched alkanes of at least 4 members (excludes halogenated alkanes) is 1. The van der Waals surface area contributed by atoms with Gasteiger partial charge in [0.15, 0.2) is 0 Å². The number of nitrogens with two attached hydrogens (primary N) is 1. The first-order valence-electron chi connectivity index (χ1n) is 7.10. The first kappa shape index (κ1) is 13.9. The third kappa shape index (κ3) is 3.71. The summed E-state index contributed by atoms with van der Waals surface area (Å²) in [6, 6.07) is 10.3. The highest BCUT2D eigenvalue weighted by Gasteiger charge is 2.43. The van der Waals surface area contributed by atoms with Crippen molar-refractivity contribution in [2.45, 2.75) is 44.6 Å². The normalized spacial score (nSPS) is 17.5. The summed E-state index contributed by atoms with van der Waals surface area (Å²) in [6.07, 6.45) is 5.62. The first-order valence-corrected chi connectivity index (χ1v) is 7.10. The van der Waals surface area contributed by atoms with Crippen LogP contribution in [0.5, 0.6) is 5.75 Å². The Morgan fingerprint density at radius 3 is 2.58 bits per heavy atom. The number of rotatable bonds is 7. The second-order valence-corrected chi connectivity index (χ2v) is 5.46. The number of hydrogen-bond donors (Lipinski definition) is 1. The minimum atomic E-state index is -0.819. The van der Waals surface area contributed by atoms with Crippen LogP contribution in [0.25, 0.3) is 0 Å². The molecule has 0 heterocycles. The Balaban J connectivity index is 1.87. The van der Waals surface area contributed by atoms with Crippen molar-refractivity contribution in [3.05, 3.63) is 29.8 Å². The largest absolute Gasteiger partial charge is 0.491 e. The number of ether oxygens (including phenoxy) is 1. The van der Waals surface area contributed by atoms with E-state index in [1.165, 1.54) is 18.4 Å². The van der Waals surface area contributed by atoms with Gasteiger partial charge in [-0.3, -0.25) is 0 Å². The predicted octanol–water partition coefficient (Wildman–Crippen LogP) is 3.04. The van der Waals surface area contributed by atoms with E-state index >= 15 is 0 Å². The van der Waals surface area contributed by atoms with Gasteiger partial charge in [-0.05, 0) is 49.3 Å². The van der Waals surface area contributed by atoms with Crippen molar-refractivity contribution in [1.29, 1.82) is 5.26 Å². The Bertz CT molecular complexity index is 445. The molecule has 0 bridgehead atoms. The van der Waals surface area contributed by atoms with Gasteiger partial charge in [0.2, 0.25) is 0 Å². The maximum atomic E-state index is 9.16. The number of nitrogens with zero attached hydrogens (tertiary/aromatic N) is 1. The van der Waals surface area contributed by atoms with Gasteiger partial charge in [0.25, 0.3) is 0 Å². The quantitative estimate of drug-likeness (QED) is 0.817. The van der Waals surface area contributed by atoms with Crippen LogP contribution in [0.1, 0.15) is 38.2 Å². The molecular weight excluding hydrogens is 236 g/mol. The van der Waals surface area contributed by atoms with Crippen LogP contribution in [0.3, 0.4) is 0 Å². The standard InChI is InChI=1S/C16H22N2O/c1-2-3-4-13-5-9-15(10-6-13)19-12-16(18,11-17)14-7-8-14/h5-6,9-10,14H,2-4,7-8,12,18H2,1H3. The lowest BCUT2D eigenvalue weighted by Gasteiger charge is -2.21. The van der Waals surface area contributed by atoms with Gasteiger partial charge in [0.1, 0.15) is 17.9 Å². The molecule has 102 valence electrons. The maximum absolute atomic E-state index is 9.16. The molecule has 1 aromatic rings. The summed E-state index contributed by atoms with van der Waals surface area (Å²) < 4.78 is 5.68. The average Bonchev–Trinajstić information content (AvgIpc) is 3.28. The van der Waals surface area contributed by atoms with E-state index in [2.05, 4.69) is 25.1 Å². The fraction of sp³-hybridized carbons (Fsp3) is 0.562. The molecule has 0 amide bonds. The first-order chi connectivity index (χ1) is 9.18. The van der Waals surface area contributed by atoms with Crippen LogP contribution in [0.4, 0.5) is 0 Å². The van der Waals surface area contributed by atoms with Gasteiger partial charge in [-0.2, -0.15) is 5.26 Å². The smallest absolute Gasteiger partial charge is 0.141 e. The van der Waals surface area contributed by atoms with Crippen LogP contribution in [0.15, 0.2) is 24.3 Å². The molecule has 3 heteroatoms. The predicted molar refractivity (Wildman–Crippen MR) is 75.8 cm³/mol. The van der Waals surface area contributed by atoms with E-state index < -0.39 is 5.54 Å². The summed E-state index contributed by atoms with van der Waals surface area (Å²) in [5.74, 6) is 1.10. The van der Waals surface area contributed by atoms with Crippen molar-refractivity contribution in [3.63, 3.8) is 0 Å². The Labute approximate surface area is 115 Å². The van der Waals surface area contributed by atoms with Crippen LogP contribution in [-0.2, 0) is 6.42 Å². The molecule has 0 aliphatic heterocycles. The summed E-state index contributed by atoms with van der Waals surface area (Å²) in [4.78, 5) is 0. The minimum absolute atomic E-state index is 0.280. The summed E-state index contributed by atoms with van der Waals surface area (Å²) in [5.41, 5.74) is 6.57. The van der Waals surface area contributed by atoms with Crippen molar-refractivity contribution in [2.24, 2.45) is 11.7 Å². The van der Waals surface area contributed by atoms with E-state index in [-0.39, 0.29) is 6.61 Å². The molecule has 19 heavy (non-hydrogen) atoms. The van der Waals surface area contributed by atoms with Crippen molar-refractivity contribution in [3.8, 4) is 11.8 Å². The van der Waals surface area contributed by atoms with Crippen molar-refractivity contribution >= 4 is 0 Å². The Hall–Kier alpha value is -1.53. The van der Waals surface area contributed by atoms with Gasteiger partial charge in [-0.15, -0.1) is 0 Å². The Morgan fingerprint density at radius 1 is 1.37 bits per heavy atom. The van der Waals surface area contributed by atoms with Gasteiger partial charge in [0, 0.05) is 0 Å². The van der Waals surface area contributed by atoms with E-state index in [0.717, 1.165) is 25.0 Å². The number of benzene rings is 1. The number of nitriles is 1. The molecule has 1 unspecified atom stereocenters. The van der Waals surface area contributed by atoms with Gasteiger partial charge in [-0.1, -0.05) is 25.5 Å². The van der Waals surface area contributed by atoms with Gasteiger partial charge in [0.05, 0.1) is 6.07 Å². The van der Waals surface area contributed by atoms with Gasteiger partial charge < -0.3 is 10.5 Å². The van der Waals surface area contributed by atoms with Crippen molar-refractivity contribution < 1.29 is 4.74 Å². The molecule has 2 rings (SSSR count). The molecular formula is C16H22N2O. The molecule has 2 N–H and O–H groups in total. The Kier molecular flexibility index (Phi) is 4.44. The molecule has 0 saturated heterocycles. The molecule has 1 aliphatic rings. The van der Waals surface area contributed by atoms with Crippen LogP contribution < -0.4 is 10.5 Å². The SMILES string of the molecule is CCCCc1ccc(OCC(N)(C#N)C2CC2)cc1. The number of aryl methyl sites for hydroxylation is 1. The molecule has 1 atom stereocenters. The highest BCUT2D eigenvalue weighted by atomic mass is 16.5. The average molecular weight is 258 g/mol. The van der Waals surface area contributed by atoms with E-state index in [1.54, 1.807) is 0 Å². The fourth-order valence-electron chi connectivity index (χ4n) is 2.18. The number of hydrogen-bond acceptors (Lipinski definition) is 3. The maximum Gasteiger partial charge on any atom is 0.141 e. The second kappa shape index (κ2) is 6.08. The molecule has 1 saturated carbocycles. The van der Waals surface area contributed by atoms with Crippen LogP contribution in [0, 0.1) is 17.2 Å². The lowest BCUT2D eigenvalue weighted by Crippen LogP contribution is -2.46. The minimum Gasteiger partial charge on any atom is -0.491 e. The van der Waals surface area contributed by atoms with Crippen LogP contribution in [0.2, 0.25) is 0 Å². The zero-order chi connectivity index (χ0) is 13.7. The van der Waals surface area contributed by atoms with Gasteiger partial charge in [-0.25, -0.2) is 0 Å². The molecule has 1 fully saturated rings. The molecule has 0 aromatic heterocycles. The van der Waals surface area contributed by atoms with E-state index in [9.17, 15) is 0 Å². The monoisotopic (exact) mass is 258 g/mol. The van der Waals surface area contributed by atoms with Crippen LogP contribution >= 0.6 is 0 Å². The van der Waals surface area contributed by atoms with Gasteiger partial charge >= 0.3 is 0 Å². The summed E-state index contributed by atoms with van der Waals surface area (Å²) >= 11 is 0. The fourth-order valence-corrected chi connectivity index (χ4v) is 2.18. The molecule has 0 spiro atoms. The molecule has 3 nitrogen and oxygen atoms in total. The lowest BCUT2D eigenvalue weighted by molar-refractivity contribution is 0.237. The zero-order valence-electron chi connectivity index (χ0n) is 11.6. The van der Waals surface area contributed by atoms with E-state index in [4.69, 9.17) is 15.7 Å². The molecule has 1 aliphatic carbocycles.